The molecule has 0 saturated carbocycles. The van der Waals surface area contributed by atoms with Crippen molar-refractivity contribution in [2.45, 2.75) is 19.9 Å². The second kappa shape index (κ2) is 3.35. The monoisotopic (exact) mass is 128 g/mol. The van der Waals surface area contributed by atoms with E-state index >= 15 is 0 Å². The maximum atomic E-state index is 10.6. The van der Waals surface area contributed by atoms with E-state index in [-0.39, 0.29) is 11.8 Å². The van der Waals surface area contributed by atoms with E-state index in [1.807, 2.05) is 13.8 Å². The first-order valence-corrected chi connectivity index (χ1v) is 2.85. The van der Waals surface area contributed by atoms with Crippen LogP contribution in [0.25, 0.3) is 0 Å². The second-order valence-electron chi connectivity index (χ2n) is 2.27. The molecule has 2 N–H and O–H groups in total. The van der Waals surface area contributed by atoms with Gasteiger partial charge in [0.05, 0.1) is 6.04 Å². The molecule has 0 aromatic rings. The minimum atomic E-state index is -0.484. The zero-order valence-corrected chi connectivity index (χ0v) is 5.79. The van der Waals surface area contributed by atoms with Crippen molar-refractivity contribution in [2.24, 2.45) is 16.6 Å². The largest absolute Gasteiger partial charge is 0.320 e. The molecule has 0 spiro atoms. The summed E-state index contributed by atoms with van der Waals surface area (Å²) in [5.41, 5.74) is 5.39. The number of carbonyl (C=O) groups is 1. The zero-order chi connectivity index (χ0) is 7.44. The van der Waals surface area contributed by atoms with E-state index in [9.17, 15) is 4.79 Å². The number of hydrogen-bond donors (Lipinski definition) is 1. The van der Waals surface area contributed by atoms with Gasteiger partial charge in [-0.05, 0) is 12.6 Å². The summed E-state index contributed by atoms with van der Waals surface area (Å²) >= 11 is 0. The molecular formula is C6H12N2O. The lowest BCUT2D eigenvalue weighted by molar-refractivity contribution is -0.119. The van der Waals surface area contributed by atoms with Gasteiger partial charge in [-0.15, -0.1) is 0 Å². The molecule has 1 amide bonds. The van der Waals surface area contributed by atoms with Gasteiger partial charge >= 0.3 is 0 Å². The highest BCUT2D eigenvalue weighted by molar-refractivity contribution is 5.85. The van der Waals surface area contributed by atoms with E-state index in [2.05, 4.69) is 11.7 Å². The first-order valence-electron chi connectivity index (χ1n) is 2.85. The van der Waals surface area contributed by atoms with Crippen LogP contribution in [0.15, 0.2) is 4.99 Å². The van der Waals surface area contributed by atoms with E-state index in [0.717, 1.165) is 0 Å². The van der Waals surface area contributed by atoms with Gasteiger partial charge in [0.15, 0.2) is 0 Å². The predicted octanol–water partition coefficient (Wildman–Crippen LogP) is 0.197. The van der Waals surface area contributed by atoms with Crippen molar-refractivity contribution >= 4 is 12.6 Å². The van der Waals surface area contributed by atoms with Crippen LogP contribution in [0.5, 0.6) is 0 Å². The maximum Gasteiger partial charge on any atom is 0.262 e. The van der Waals surface area contributed by atoms with E-state index in [1.165, 1.54) is 0 Å². The number of nitrogens with zero attached hydrogens (tertiary/aromatic N) is 1. The zero-order valence-electron chi connectivity index (χ0n) is 5.79. The summed E-state index contributed by atoms with van der Waals surface area (Å²) in [5, 5.41) is 0. The molecule has 0 bridgehead atoms. The number of hydrogen-bond acceptors (Lipinski definition) is 2. The number of carbonyl (C=O) groups excluding carboxylic acids is 1. The van der Waals surface area contributed by atoms with Crippen molar-refractivity contribution in [1.29, 1.82) is 0 Å². The molecule has 3 heteroatoms. The van der Waals surface area contributed by atoms with Crippen LogP contribution >= 0.6 is 0 Å². The van der Waals surface area contributed by atoms with Crippen LogP contribution in [0, 0.1) is 5.92 Å². The Morgan fingerprint density at radius 2 is 2.11 bits per heavy atom. The quantitative estimate of drug-likeness (QED) is 0.540. The van der Waals surface area contributed by atoms with E-state index in [1.54, 1.807) is 0 Å². The molecule has 1 atom stereocenters. The van der Waals surface area contributed by atoms with Crippen LogP contribution in [0.4, 0.5) is 0 Å². The van der Waals surface area contributed by atoms with Crippen LogP contribution in [0.3, 0.4) is 0 Å². The molecule has 0 aliphatic carbocycles. The summed E-state index contributed by atoms with van der Waals surface area (Å²) in [5.74, 6) is -0.187. The highest BCUT2D eigenvalue weighted by Gasteiger charge is 2.14. The topological polar surface area (TPSA) is 55.5 Å². The molecular weight excluding hydrogens is 116 g/mol. The van der Waals surface area contributed by atoms with Crippen molar-refractivity contribution in [3.8, 4) is 0 Å². The van der Waals surface area contributed by atoms with Gasteiger partial charge in [0.2, 0.25) is 0 Å². The maximum absolute atomic E-state index is 10.6. The Morgan fingerprint density at radius 1 is 1.67 bits per heavy atom. The molecule has 3 nitrogen and oxygen atoms in total. The van der Waals surface area contributed by atoms with Crippen LogP contribution in [-0.4, -0.2) is 18.7 Å². The fourth-order valence-corrected chi connectivity index (χ4v) is 0.391. The average molecular weight is 128 g/mol. The van der Waals surface area contributed by atoms with Gasteiger partial charge in [-0.1, -0.05) is 13.8 Å². The summed E-state index contributed by atoms with van der Waals surface area (Å²) in [7, 11) is 0. The van der Waals surface area contributed by atoms with Crippen molar-refractivity contribution in [3.05, 3.63) is 0 Å². The first-order chi connectivity index (χ1) is 4.09. The Bertz CT molecular complexity index is 120. The summed E-state index contributed by atoms with van der Waals surface area (Å²) in [4.78, 5) is 13.8. The predicted molar refractivity (Wildman–Crippen MR) is 37.4 cm³/mol. The molecule has 0 heterocycles. The highest BCUT2D eigenvalue weighted by atomic mass is 16.1. The third-order valence-electron chi connectivity index (χ3n) is 1.16. The smallest absolute Gasteiger partial charge is 0.262 e. The van der Waals surface area contributed by atoms with Gasteiger partial charge in [-0.2, -0.15) is 0 Å². The van der Waals surface area contributed by atoms with Crippen molar-refractivity contribution in [2.75, 3.05) is 0 Å². The molecule has 0 aromatic heterocycles. The molecule has 52 valence electrons. The van der Waals surface area contributed by atoms with Crippen LogP contribution < -0.4 is 5.73 Å². The van der Waals surface area contributed by atoms with Crippen LogP contribution in [-0.2, 0) is 4.79 Å². The summed E-state index contributed by atoms with van der Waals surface area (Å²) < 4.78 is 0. The van der Waals surface area contributed by atoms with Gasteiger partial charge in [-0.3, -0.25) is 4.79 Å². The van der Waals surface area contributed by atoms with Gasteiger partial charge in [0.25, 0.3) is 5.91 Å². The van der Waals surface area contributed by atoms with Gasteiger partial charge in [0, 0.05) is 0 Å². The van der Waals surface area contributed by atoms with Crippen LogP contribution in [0.1, 0.15) is 13.8 Å². The van der Waals surface area contributed by atoms with Crippen molar-refractivity contribution in [3.63, 3.8) is 0 Å². The van der Waals surface area contributed by atoms with E-state index in [4.69, 9.17) is 5.73 Å². The Labute approximate surface area is 55.0 Å². The third-order valence-corrected chi connectivity index (χ3v) is 1.16. The fourth-order valence-electron chi connectivity index (χ4n) is 0.391. The Morgan fingerprint density at radius 3 is 2.22 bits per heavy atom. The lowest BCUT2D eigenvalue weighted by Crippen LogP contribution is -2.34. The average Bonchev–Trinajstić information content (AvgIpc) is 1.84. The molecule has 0 radical (unpaired) electrons. The molecule has 0 aliphatic rings. The first kappa shape index (κ1) is 8.30. The molecule has 0 aliphatic heterocycles. The molecule has 0 saturated heterocycles. The molecule has 9 heavy (non-hydrogen) atoms. The lowest BCUT2D eigenvalue weighted by Gasteiger charge is -2.09. The van der Waals surface area contributed by atoms with E-state index < -0.39 is 6.04 Å². The standard InChI is InChI=1S/C6H12N2O/c1-4(2)5(7)6(9)8-3/h4-5H,3,7H2,1-2H3/t5-/m0/s1. The fraction of sp³-hybridized carbons (Fsp3) is 0.667. The summed E-state index contributed by atoms with van der Waals surface area (Å²) in [6.07, 6.45) is 0. The Hall–Kier alpha value is -0.700. The Kier molecular flexibility index (Phi) is 3.09. The normalized spacial score (nSPS) is 13.3. The third kappa shape index (κ3) is 2.37. The lowest BCUT2D eigenvalue weighted by atomic mass is 10.1. The van der Waals surface area contributed by atoms with Crippen LogP contribution in [0.2, 0.25) is 0 Å². The number of nitrogens with two attached hydrogens (primary N) is 1. The molecule has 0 aromatic carbocycles. The second-order valence-corrected chi connectivity index (χ2v) is 2.27. The van der Waals surface area contributed by atoms with Gasteiger partial charge in [-0.25, -0.2) is 4.99 Å². The van der Waals surface area contributed by atoms with Gasteiger partial charge in [0.1, 0.15) is 0 Å². The van der Waals surface area contributed by atoms with Gasteiger partial charge < -0.3 is 5.73 Å². The van der Waals surface area contributed by atoms with Crippen molar-refractivity contribution < 1.29 is 4.79 Å². The molecule has 0 rings (SSSR count). The summed E-state index contributed by atoms with van der Waals surface area (Å²) in [6, 6.07) is -0.484. The molecule has 0 fully saturated rings. The Balaban J connectivity index is 3.87. The highest BCUT2D eigenvalue weighted by Crippen LogP contribution is 1.98. The number of aliphatic imine (C=N–C) groups is 1. The van der Waals surface area contributed by atoms with E-state index in [0.29, 0.717) is 0 Å². The van der Waals surface area contributed by atoms with Crippen molar-refractivity contribution in [1.82, 2.24) is 0 Å². The minimum absolute atomic E-state index is 0.142. The molecule has 0 unspecified atom stereocenters. The minimum Gasteiger partial charge on any atom is -0.320 e. The SMILES string of the molecule is C=NC(=O)[C@@H](N)C(C)C. The summed E-state index contributed by atoms with van der Waals surface area (Å²) in [6.45, 7) is 6.82. The number of amides is 1. The number of rotatable bonds is 2.